The molecule has 0 aliphatic rings. The molecule has 0 fully saturated rings. The summed E-state index contributed by atoms with van der Waals surface area (Å²) in [6.45, 7) is 4.22. The van der Waals surface area contributed by atoms with Gasteiger partial charge in [-0.3, -0.25) is 4.79 Å². The normalized spacial score (nSPS) is 10.4. The van der Waals surface area contributed by atoms with Crippen molar-refractivity contribution in [3.8, 4) is 9.88 Å². The topological polar surface area (TPSA) is 68.0 Å². The minimum atomic E-state index is -0.371. The Morgan fingerprint density at radius 1 is 1.38 bits per heavy atom. The second-order valence-electron chi connectivity index (χ2n) is 4.93. The first-order chi connectivity index (χ1) is 9.00. The molecule has 2 rings (SSSR count). The van der Waals surface area contributed by atoms with Gasteiger partial charge in [0.05, 0.1) is 17.0 Å². The molecule has 2 aromatic heterocycles. The standard InChI is InChI=1S/C13H17N3OS2.2ClH/c1-13(2,8-14)16-11(17)6-9-7-19-12(15-9)10-4-3-5-18-10;;/h3-5,7H,6,8,14H2,1-2H3,(H,16,17);2*1H. The molecule has 1 amide bonds. The summed E-state index contributed by atoms with van der Waals surface area (Å²) < 4.78 is 0. The van der Waals surface area contributed by atoms with Crippen LogP contribution in [0.15, 0.2) is 22.9 Å². The van der Waals surface area contributed by atoms with Crippen molar-refractivity contribution in [2.24, 2.45) is 5.73 Å². The van der Waals surface area contributed by atoms with E-state index in [1.165, 1.54) is 0 Å². The van der Waals surface area contributed by atoms with E-state index in [0.717, 1.165) is 15.6 Å². The Balaban J connectivity index is 0.00000200. The monoisotopic (exact) mass is 367 g/mol. The first kappa shape index (κ1) is 20.3. The van der Waals surface area contributed by atoms with Gasteiger partial charge in [-0.2, -0.15) is 0 Å². The number of nitrogens with zero attached hydrogens (tertiary/aromatic N) is 1. The van der Waals surface area contributed by atoms with E-state index in [1.807, 2.05) is 36.7 Å². The van der Waals surface area contributed by atoms with Gasteiger partial charge in [-0.05, 0) is 25.3 Å². The highest BCUT2D eigenvalue weighted by atomic mass is 35.5. The Kier molecular flexibility index (Phi) is 8.43. The molecule has 0 spiro atoms. The summed E-state index contributed by atoms with van der Waals surface area (Å²) in [4.78, 5) is 17.5. The van der Waals surface area contributed by atoms with E-state index in [2.05, 4.69) is 10.3 Å². The summed E-state index contributed by atoms with van der Waals surface area (Å²) >= 11 is 3.22. The van der Waals surface area contributed by atoms with E-state index in [1.54, 1.807) is 22.7 Å². The molecule has 2 aromatic rings. The molecule has 21 heavy (non-hydrogen) atoms. The van der Waals surface area contributed by atoms with Gasteiger partial charge in [-0.15, -0.1) is 47.5 Å². The van der Waals surface area contributed by atoms with Crippen LogP contribution in [0.4, 0.5) is 0 Å². The van der Waals surface area contributed by atoms with Gasteiger partial charge in [0.1, 0.15) is 5.01 Å². The second-order valence-corrected chi connectivity index (χ2v) is 6.74. The van der Waals surface area contributed by atoms with Crippen molar-refractivity contribution in [3.05, 3.63) is 28.6 Å². The average Bonchev–Trinajstić information content (AvgIpc) is 2.97. The molecule has 0 aliphatic heterocycles. The maximum Gasteiger partial charge on any atom is 0.226 e. The lowest BCUT2D eigenvalue weighted by molar-refractivity contribution is -0.121. The van der Waals surface area contributed by atoms with Crippen molar-refractivity contribution >= 4 is 53.4 Å². The highest BCUT2D eigenvalue weighted by molar-refractivity contribution is 7.20. The highest BCUT2D eigenvalue weighted by Crippen LogP contribution is 2.27. The summed E-state index contributed by atoms with van der Waals surface area (Å²) in [5.74, 6) is -0.0431. The molecule has 118 valence electrons. The molecule has 8 heteroatoms. The number of aromatic nitrogens is 1. The maximum absolute atomic E-state index is 11.9. The summed E-state index contributed by atoms with van der Waals surface area (Å²) in [6.07, 6.45) is 0.297. The molecule has 0 saturated heterocycles. The number of amides is 1. The quantitative estimate of drug-likeness (QED) is 0.852. The Labute approximate surface area is 145 Å². The van der Waals surface area contributed by atoms with Gasteiger partial charge in [0.15, 0.2) is 0 Å². The Morgan fingerprint density at radius 2 is 2.10 bits per heavy atom. The van der Waals surface area contributed by atoms with Gasteiger partial charge in [0.2, 0.25) is 5.91 Å². The van der Waals surface area contributed by atoms with E-state index >= 15 is 0 Å². The molecular weight excluding hydrogens is 349 g/mol. The van der Waals surface area contributed by atoms with Crippen LogP contribution >= 0.6 is 47.5 Å². The van der Waals surface area contributed by atoms with Gasteiger partial charge in [-0.25, -0.2) is 4.98 Å². The molecular formula is C13H19Cl2N3OS2. The summed E-state index contributed by atoms with van der Waals surface area (Å²) in [7, 11) is 0. The maximum atomic E-state index is 11.9. The molecule has 0 aromatic carbocycles. The van der Waals surface area contributed by atoms with Gasteiger partial charge >= 0.3 is 0 Å². The van der Waals surface area contributed by atoms with Gasteiger partial charge in [0, 0.05) is 17.5 Å². The molecule has 3 N–H and O–H groups in total. The van der Waals surface area contributed by atoms with Crippen LogP contribution in [0.1, 0.15) is 19.5 Å². The molecule has 2 heterocycles. The summed E-state index contributed by atoms with van der Waals surface area (Å²) in [6, 6.07) is 4.03. The Morgan fingerprint density at radius 3 is 2.67 bits per heavy atom. The van der Waals surface area contributed by atoms with Gasteiger partial charge in [0.25, 0.3) is 0 Å². The number of carbonyl (C=O) groups excluding carboxylic acids is 1. The number of halogens is 2. The Hall–Kier alpha value is -0.660. The van der Waals surface area contributed by atoms with Gasteiger partial charge in [-0.1, -0.05) is 6.07 Å². The minimum absolute atomic E-state index is 0. The largest absolute Gasteiger partial charge is 0.350 e. The first-order valence-corrected chi connectivity index (χ1v) is 7.75. The average molecular weight is 368 g/mol. The number of carbonyl (C=O) groups is 1. The van der Waals surface area contributed by atoms with E-state index in [9.17, 15) is 4.79 Å². The number of thiazole rings is 1. The van der Waals surface area contributed by atoms with Crippen LogP contribution in [0.3, 0.4) is 0 Å². The zero-order valence-electron chi connectivity index (χ0n) is 11.8. The summed E-state index contributed by atoms with van der Waals surface area (Å²) in [5, 5.41) is 7.83. The fraction of sp³-hybridized carbons (Fsp3) is 0.385. The lowest BCUT2D eigenvalue weighted by atomic mass is 10.1. The number of hydrogen-bond acceptors (Lipinski definition) is 5. The molecule has 0 bridgehead atoms. The van der Waals surface area contributed by atoms with Crippen LogP contribution in [0, 0.1) is 0 Å². The predicted molar refractivity (Wildman–Crippen MR) is 94.9 cm³/mol. The number of nitrogens with two attached hydrogens (primary N) is 1. The number of nitrogens with one attached hydrogen (secondary N) is 1. The van der Waals surface area contributed by atoms with Crippen LogP contribution in [-0.4, -0.2) is 23.0 Å². The lowest BCUT2D eigenvalue weighted by Gasteiger charge is -2.23. The molecule has 0 atom stereocenters. The van der Waals surface area contributed by atoms with Crippen LogP contribution < -0.4 is 11.1 Å². The molecule has 0 saturated carbocycles. The second kappa shape index (κ2) is 8.70. The van der Waals surface area contributed by atoms with Crippen molar-refractivity contribution < 1.29 is 4.79 Å². The highest BCUT2D eigenvalue weighted by Gasteiger charge is 2.19. The fourth-order valence-electron chi connectivity index (χ4n) is 1.54. The third-order valence-electron chi connectivity index (χ3n) is 2.61. The first-order valence-electron chi connectivity index (χ1n) is 5.99. The third kappa shape index (κ3) is 5.92. The lowest BCUT2D eigenvalue weighted by Crippen LogP contribution is -2.49. The number of hydrogen-bond donors (Lipinski definition) is 2. The van der Waals surface area contributed by atoms with Crippen molar-refractivity contribution in [1.29, 1.82) is 0 Å². The smallest absolute Gasteiger partial charge is 0.226 e. The Bertz CT molecular complexity index is 556. The zero-order valence-corrected chi connectivity index (χ0v) is 15.1. The van der Waals surface area contributed by atoms with E-state index in [4.69, 9.17) is 5.73 Å². The van der Waals surface area contributed by atoms with Crippen LogP contribution in [-0.2, 0) is 11.2 Å². The number of rotatable bonds is 5. The SMILES string of the molecule is CC(C)(CN)NC(=O)Cc1csc(-c2cccs2)n1.Cl.Cl. The van der Waals surface area contributed by atoms with E-state index in [0.29, 0.717) is 13.0 Å². The van der Waals surface area contributed by atoms with Crippen molar-refractivity contribution in [1.82, 2.24) is 10.3 Å². The van der Waals surface area contributed by atoms with Gasteiger partial charge < -0.3 is 11.1 Å². The molecule has 0 radical (unpaired) electrons. The van der Waals surface area contributed by atoms with Crippen molar-refractivity contribution in [2.45, 2.75) is 25.8 Å². The van der Waals surface area contributed by atoms with Crippen molar-refractivity contribution in [3.63, 3.8) is 0 Å². The molecule has 0 aliphatic carbocycles. The zero-order chi connectivity index (χ0) is 13.9. The molecule has 0 unspecified atom stereocenters. The summed E-state index contributed by atoms with van der Waals surface area (Å²) in [5.41, 5.74) is 6.02. The number of thiophene rings is 1. The van der Waals surface area contributed by atoms with E-state index < -0.39 is 0 Å². The molecule has 4 nitrogen and oxygen atoms in total. The fourth-order valence-corrected chi connectivity index (χ4v) is 3.17. The van der Waals surface area contributed by atoms with Crippen LogP contribution in [0.25, 0.3) is 9.88 Å². The van der Waals surface area contributed by atoms with E-state index in [-0.39, 0.29) is 36.3 Å². The minimum Gasteiger partial charge on any atom is -0.350 e. The predicted octanol–water partition coefficient (Wildman–Crippen LogP) is 3.11. The van der Waals surface area contributed by atoms with Crippen LogP contribution in [0.2, 0.25) is 0 Å². The third-order valence-corrected chi connectivity index (χ3v) is 4.54. The van der Waals surface area contributed by atoms with Crippen LogP contribution in [0.5, 0.6) is 0 Å². The van der Waals surface area contributed by atoms with Crippen molar-refractivity contribution in [2.75, 3.05) is 6.54 Å².